The second kappa shape index (κ2) is 8.09. The molecule has 0 spiro atoms. The van der Waals surface area contributed by atoms with Crippen molar-refractivity contribution in [3.63, 3.8) is 0 Å². The molecule has 62 valence electrons. The third kappa shape index (κ3) is 7.89. The Balaban J connectivity index is 3.21. The third-order valence-corrected chi connectivity index (χ3v) is 1.67. The van der Waals surface area contributed by atoms with E-state index in [9.17, 15) is 0 Å². The summed E-state index contributed by atoms with van der Waals surface area (Å²) >= 11 is 1.93. The molecule has 1 N–H and O–H groups in total. The predicted molar refractivity (Wildman–Crippen MR) is 56.5 cm³/mol. The summed E-state index contributed by atoms with van der Waals surface area (Å²) in [5, 5.41) is 9.14. The summed E-state index contributed by atoms with van der Waals surface area (Å²) < 4.78 is 2.66. The zero-order chi connectivity index (χ0) is 8.53. The molecule has 1 unspecified atom stereocenters. The second-order valence-electron chi connectivity index (χ2n) is 2.33. The number of aliphatic hydroxyl groups is 1. The minimum absolute atomic E-state index is 0.434. The van der Waals surface area contributed by atoms with Gasteiger partial charge in [0.1, 0.15) is 6.10 Å². The van der Waals surface area contributed by atoms with Crippen LogP contribution in [0.4, 0.5) is 0 Å². The molecule has 0 aliphatic rings. The van der Waals surface area contributed by atoms with E-state index in [0.29, 0.717) is 0 Å². The molecular formula is C9H13IO. The Bertz CT molecular complexity index is 155. The van der Waals surface area contributed by atoms with Crippen LogP contribution in [0, 0.1) is 9.85 Å². The first kappa shape index (κ1) is 11.0. The van der Waals surface area contributed by atoms with Crippen molar-refractivity contribution in [3.8, 4) is 9.85 Å². The SMILES string of the molecule is C=CCCCCC(O)C#CI. The van der Waals surface area contributed by atoms with Crippen LogP contribution in [0.3, 0.4) is 0 Å². The second-order valence-corrected chi connectivity index (χ2v) is 2.87. The number of rotatable bonds is 5. The van der Waals surface area contributed by atoms with Crippen LogP contribution in [-0.4, -0.2) is 11.2 Å². The summed E-state index contributed by atoms with van der Waals surface area (Å²) in [6, 6.07) is 0. The van der Waals surface area contributed by atoms with E-state index in [1.807, 2.05) is 28.7 Å². The van der Waals surface area contributed by atoms with Crippen molar-refractivity contribution < 1.29 is 5.11 Å². The van der Waals surface area contributed by atoms with Crippen LogP contribution in [0.25, 0.3) is 0 Å². The molecule has 1 atom stereocenters. The van der Waals surface area contributed by atoms with Crippen LogP contribution < -0.4 is 0 Å². The first-order valence-electron chi connectivity index (χ1n) is 3.71. The van der Waals surface area contributed by atoms with Gasteiger partial charge in [0.25, 0.3) is 0 Å². The minimum Gasteiger partial charge on any atom is -0.380 e. The smallest absolute Gasteiger partial charge is 0.115 e. The molecule has 1 nitrogen and oxygen atoms in total. The quantitative estimate of drug-likeness (QED) is 0.350. The fraction of sp³-hybridized carbons (Fsp3) is 0.556. The number of halogens is 1. The highest BCUT2D eigenvalue weighted by molar-refractivity contribution is 14.1. The molecule has 0 aromatic carbocycles. The number of unbranched alkanes of at least 4 members (excludes halogenated alkanes) is 2. The lowest BCUT2D eigenvalue weighted by Gasteiger charge is -2.00. The van der Waals surface area contributed by atoms with Gasteiger partial charge in [-0.05, 0) is 29.6 Å². The van der Waals surface area contributed by atoms with Crippen LogP contribution in [-0.2, 0) is 0 Å². The van der Waals surface area contributed by atoms with E-state index >= 15 is 0 Å². The van der Waals surface area contributed by atoms with E-state index in [0.717, 1.165) is 25.7 Å². The maximum absolute atomic E-state index is 9.14. The van der Waals surface area contributed by atoms with Crippen molar-refractivity contribution in [1.82, 2.24) is 0 Å². The monoisotopic (exact) mass is 264 g/mol. The largest absolute Gasteiger partial charge is 0.380 e. The maximum atomic E-state index is 9.14. The Morgan fingerprint density at radius 3 is 2.82 bits per heavy atom. The van der Waals surface area contributed by atoms with Gasteiger partial charge in [0.2, 0.25) is 0 Å². The molecule has 0 saturated heterocycles. The van der Waals surface area contributed by atoms with Crippen LogP contribution in [0.1, 0.15) is 25.7 Å². The van der Waals surface area contributed by atoms with Gasteiger partial charge in [-0.1, -0.05) is 12.0 Å². The van der Waals surface area contributed by atoms with Crippen molar-refractivity contribution in [2.24, 2.45) is 0 Å². The normalized spacial score (nSPS) is 11.5. The van der Waals surface area contributed by atoms with Gasteiger partial charge in [0.05, 0.1) is 0 Å². The predicted octanol–water partition coefficient (Wildman–Crippen LogP) is 2.49. The standard InChI is InChI=1S/C9H13IO/c1-2-3-4-5-6-9(11)7-8-10/h2,9,11H,1,3-6H2. The van der Waals surface area contributed by atoms with Crippen LogP contribution in [0.15, 0.2) is 12.7 Å². The van der Waals surface area contributed by atoms with Crippen LogP contribution in [0.2, 0.25) is 0 Å². The Kier molecular flexibility index (Phi) is 8.08. The Hall–Kier alpha value is -0.0100. The summed E-state index contributed by atoms with van der Waals surface area (Å²) in [5.41, 5.74) is 0. The number of aliphatic hydroxyl groups excluding tert-OH is 1. The lowest BCUT2D eigenvalue weighted by atomic mass is 10.1. The summed E-state index contributed by atoms with van der Waals surface area (Å²) in [6.45, 7) is 3.62. The van der Waals surface area contributed by atoms with Gasteiger partial charge in [0.15, 0.2) is 0 Å². The fourth-order valence-corrected chi connectivity index (χ4v) is 1.12. The lowest BCUT2D eigenvalue weighted by Crippen LogP contribution is -2.01. The van der Waals surface area contributed by atoms with Gasteiger partial charge < -0.3 is 5.11 Å². The third-order valence-electron chi connectivity index (χ3n) is 1.36. The van der Waals surface area contributed by atoms with Crippen LogP contribution >= 0.6 is 22.6 Å². The molecule has 0 aromatic rings. The van der Waals surface area contributed by atoms with Crippen molar-refractivity contribution >= 4 is 22.6 Å². The van der Waals surface area contributed by atoms with Gasteiger partial charge in [-0.25, -0.2) is 0 Å². The molecule has 2 heteroatoms. The van der Waals surface area contributed by atoms with Gasteiger partial charge >= 0.3 is 0 Å². The Labute approximate surface area is 82.0 Å². The average Bonchev–Trinajstić information content (AvgIpc) is 1.99. The molecule has 0 aliphatic heterocycles. The molecule has 0 bridgehead atoms. The summed E-state index contributed by atoms with van der Waals surface area (Å²) in [4.78, 5) is 0. The molecule has 11 heavy (non-hydrogen) atoms. The van der Waals surface area contributed by atoms with E-state index in [4.69, 9.17) is 5.11 Å². The molecule has 0 amide bonds. The molecule has 0 aromatic heterocycles. The van der Waals surface area contributed by atoms with Gasteiger partial charge in [-0.15, -0.1) is 6.58 Å². The van der Waals surface area contributed by atoms with E-state index in [2.05, 4.69) is 16.4 Å². The highest BCUT2D eigenvalue weighted by atomic mass is 127. The Morgan fingerprint density at radius 2 is 2.27 bits per heavy atom. The van der Waals surface area contributed by atoms with Gasteiger partial charge in [-0.3, -0.25) is 0 Å². The molecule has 0 aliphatic carbocycles. The summed E-state index contributed by atoms with van der Waals surface area (Å²) in [5.74, 6) is 2.69. The zero-order valence-corrected chi connectivity index (χ0v) is 8.67. The number of hydrogen-bond donors (Lipinski definition) is 1. The van der Waals surface area contributed by atoms with Crippen LogP contribution in [0.5, 0.6) is 0 Å². The first-order valence-corrected chi connectivity index (χ1v) is 4.79. The number of hydrogen-bond acceptors (Lipinski definition) is 1. The zero-order valence-electron chi connectivity index (χ0n) is 6.52. The summed E-state index contributed by atoms with van der Waals surface area (Å²) in [6.07, 6.45) is 5.41. The van der Waals surface area contributed by atoms with Gasteiger partial charge in [0, 0.05) is 22.6 Å². The van der Waals surface area contributed by atoms with E-state index in [1.165, 1.54) is 0 Å². The summed E-state index contributed by atoms with van der Waals surface area (Å²) in [7, 11) is 0. The maximum Gasteiger partial charge on any atom is 0.115 e. The topological polar surface area (TPSA) is 20.2 Å². The molecule has 0 radical (unpaired) electrons. The van der Waals surface area contributed by atoms with Crippen molar-refractivity contribution in [2.75, 3.05) is 0 Å². The number of allylic oxidation sites excluding steroid dienone is 1. The van der Waals surface area contributed by atoms with Crippen molar-refractivity contribution in [1.29, 1.82) is 0 Å². The molecule has 0 rings (SSSR count). The molecule has 0 heterocycles. The molecule has 0 saturated carbocycles. The highest BCUT2D eigenvalue weighted by Crippen LogP contribution is 2.03. The minimum atomic E-state index is -0.434. The first-order chi connectivity index (χ1) is 5.31. The lowest BCUT2D eigenvalue weighted by molar-refractivity contribution is 0.218. The van der Waals surface area contributed by atoms with Crippen molar-refractivity contribution in [2.45, 2.75) is 31.8 Å². The highest BCUT2D eigenvalue weighted by Gasteiger charge is 1.96. The van der Waals surface area contributed by atoms with E-state index in [-0.39, 0.29) is 0 Å². The Morgan fingerprint density at radius 1 is 1.55 bits per heavy atom. The average molecular weight is 264 g/mol. The van der Waals surface area contributed by atoms with Gasteiger partial charge in [-0.2, -0.15) is 0 Å². The molecule has 0 fully saturated rings. The fourth-order valence-electron chi connectivity index (χ4n) is 0.762. The van der Waals surface area contributed by atoms with Crippen molar-refractivity contribution in [3.05, 3.63) is 12.7 Å². The van der Waals surface area contributed by atoms with E-state index in [1.54, 1.807) is 0 Å². The molecular weight excluding hydrogens is 251 g/mol. The van der Waals surface area contributed by atoms with E-state index < -0.39 is 6.10 Å².